The van der Waals surface area contributed by atoms with Crippen LogP contribution in [0.2, 0.25) is 0 Å². The molecule has 0 unspecified atom stereocenters. The summed E-state index contributed by atoms with van der Waals surface area (Å²) in [5.74, 6) is 0.119. The molecule has 0 spiro atoms. The SMILES string of the molecule is C=CC=CNC(=O)C=C.CC(C)=O.CC(C)=O. The second-order valence-electron chi connectivity index (χ2n) is 3.12. The van der Waals surface area contributed by atoms with E-state index in [0.717, 1.165) is 0 Å². The molecule has 0 atom stereocenters. The Morgan fingerprint density at radius 1 is 0.941 bits per heavy atom. The van der Waals surface area contributed by atoms with Crippen LogP contribution in [0.3, 0.4) is 0 Å². The number of nitrogens with one attached hydrogen (secondary N) is 1. The highest BCUT2D eigenvalue weighted by molar-refractivity contribution is 5.87. The van der Waals surface area contributed by atoms with Crippen LogP contribution in [0.5, 0.6) is 0 Å². The maximum absolute atomic E-state index is 10.4. The zero-order chi connectivity index (χ0) is 14.3. The second-order valence-corrected chi connectivity index (χ2v) is 3.12. The number of hydrogen-bond donors (Lipinski definition) is 1. The first-order valence-electron chi connectivity index (χ1n) is 4.92. The Bertz CT molecular complexity index is 271. The molecule has 4 nitrogen and oxygen atoms in total. The van der Waals surface area contributed by atoms with E-state index >= 15 is 0 Å². The number of amides is 1. The summed E-state index contributed by atoms with van der Waals surface area (Å²) in [6.07, 6.45) is 5.90. The van der Waals surface area contributed by atoms with Gasteiger partial charge in [0.2, 0.25) is 5.91 Å². The van der Waals surface area contributed by atoms with Gasteiger partial charge in [-0.15, -0.1) is 0 Å². The maximum Gasteiger partial charge on any atom is 0.247 e. The van der Waals surface area contributed by atoms with Gasteiger partial charge in [-0.2, -0.15) is 0 Å². The van der Waals surface area contributed by atoms with E-state index in [0.29, 0.717) is 0 Å². The van der Waals surface area contributed by atoms with Gasteiger partial charge in [-0.1, -0.05) is 19.2 Å². The van der Waals surface area contributed by atoms with Crippen LogP contribution in [0.15, 0.2) is 37.6 Å². The molecule has 0 bridgehead atoms. The van der Waals surface area contributed by atoms with Crippen LogP contribution in [0.1, 0.15) is 27.7 Å². The van der Waals surface area contributed by atoms with Crippen molar-refractivity contribution in [2.24, 2.45) is 0 Å². The van der Waals surface area contributed by atoms with E-state index in [-0.39, 0.29) is 17.5 Å². The average Bonchev–Trinajstić information content (AvgIpc) is 2.16. The molecule has 0 radical (unpaired) electrons. The van der Waals surface area contributed by atoms with Gasteiger partial charge >= 0.3 is 0 Å². The second kappa shape index (κ2) is 16.5. The van der Waals surface area contributed by atoms with Gasteiger partial charge in [0.05, 0.1) is 0 Å². The third-order valence-electron chi connectivity index (χ3n) is 0.643. The predicted molar refractivity (Wildman–Crippen MR) is 70.4 cm³/mol. The summed E-state index contributed by atoms with van der Waals surface area (Å²) in [4.78, 5) is 29.3. The monoisotopic (exact) mass is 239 g/mol. The average molecular weight is 239 g/mol. The first-order chi connectivity index (χ1) is 7.77. The molecule has 17 heavy (non-hydrogen) atoms. The Balaban J connectivity index is -0.000000205. The molecule has 1 N–H and O–H groups in total. The molecule has 0 saturated heterocycles. The molecule has 0 aromatic heterocycles. The minimum Gasteiger partial charge on any atom is -0.329 e. The maximum atomic E-state index is 10.4. The summed E-state index contributed by atoms with van der Waals surface area (Å²) in [6, 6.07) is 0. The highest BCUT2D eigenvalue weighted by Crippen LogP contribution is 1.69. The molecule has 0 aliphatic rings. The Kier molecular flexibility index (Phi) is 19.8. The summed E-state index contributed by atoms with van der Waals surface area (Å²) in [6.45, 7) is 12.8. The standard InChI is InChI=1S/C7H9NO.2C3H6O/c1-3-5-6-8-7(9)4-2;2*1-3(2)4/h3-6H,1-2H2,(H,8,9);2*1-2H3. The van der Waals surface area contributed by atoms with Crippen LogP contribution < -0.4 is 5.32 Å². The van der Waals surface area contributed by atoms with E-state index in [9.17, 15) is 14.4 Å². The van der Waals surface area contributed by atoms with Gasteiger partial charge in [-0.05, 0) is 39.8 Å². The van der Waals surface area contributed by atoms with Crippen molar-refractivity contribution in [2.75, 3.05) is 0 Å². The van der Waals surface area contributed by atoms with E-state index in [4.69, 9.17) is 0 Å². The molecule has 4 heteroatoms. The van der Waals surface area contributed by atoms with Crippen molar-refractivity contribution < 1.29 is 14.4 Å². The summed E-state index contributed by atoms with van der Waals surface area (Å²) in [5.41, 5.74) is 0. The largest absolute Gasteiger partial charge is 0.329 e. The van der Waals surface area contributed by atoms with Crippen molar-refractivity contribution in [3.8, 4) is 0 Å². The normalized spacial score (nSPS) is 7.76. The van der Waals surface area contributed by atoms with E-state index in [2.05, 4.69) is 18.5 Å². The van der Waals surface area contributed by atoms with E-state index in [1.807, 2.05) is 0 Å². The first-order valence-corrected chi connectivity index (χ1v) is 4.92. The molecule has 1 amide bonds. The van der Waals surface area contributed by atoms with Gasteiger partial charge in [-0.3, -0.25) is 4.79 Å². The van der Waals surface area contributed by atoms with Crippen molar-refractivity contribution in [1.82, 2.24) is 5.32 Å². The molecule has 0 fully saturated rings. The number of carbonyl (C=O) groups excluding carboxylic acids is 3. The molecule has 0 aromatic rings. The summed E-state index contributed by atoms with van der Waals surface area (Å²) < 4.78 is 0. The molecular formula is C13H21NO3. The Morgan fingerprint density at radius 2 is 1.29 bits per heavy atom. The lowest BCUT2D eigenvalue weighted by Crippen LogP contribution is -2.12. The van der Waals surface area contributed by atoms with E-state index in [1.54, 1.807) is 12.2 Å². The molecule has 0 heterocycles. The van der Waals surface area contributed by atoms with Gasteiger partial charge in [0.25, 0.3) is 0 Å². The highest BCUT2D eigenvalue weighted by Gasteiger charge is 1.82. The number of ketones is 2. The smallest absolute Gasteiger partial charge is 0.247 e. The molecular weight excluding hydrogens is 218 g/mol. The van der Waals surface area contributed by atoms with Crippen molar-refractivity contribution in [2.45, 2.75) is 27.7 Å². The molecule has 0 saturated carbocycles. The number of allylic oxidation sites excluding steroid dienone is 2. The Hall–Kier alpha value is -1.97. The van der Waals surface area contributed by atoms with E-state index < -0.39 is 0 Å². The third kappa shape index (κ3) is 80.3. The van der Waals surface area contributed by atoms with Crippen molar-refractivity contribution >= 4 is 17.5 Å². The van der Waals surface area contributed by atoms with Gasteiger partial charge in [0, 0.05) is 6.20 Å². The Morgan fingerprint density at radius 3 is 1.53 bits per heavy atom. The van der Waals surface area contributed by atoms with Gasteiger partial charge in [-0.25, -0.2) is 0 Å². The van der Waals surface area contributed by atoms with Crippen LogP contribution in [-0.2, 0) is 14.4 Å². The topological polar surface area (TPSA) is 63.2 Å². The zero-order valence-electron chi connectivity index (χ0n) is 10.9. The number of Topliss-reactive ketones (excluding diaryl/α,β-unsaturated/α-hetero) is 2. The fraction of sp³-hybridized carbons (Fsp3) is 0.308. The fourth-order valence-corrected chi connectivity index (χ4v) is 0.257. The summed E-state index contributed by atoms with van der Waals surface area (Å²) in [7, 11) is 0. The number of hydrogen-bond acceptors (Lipinski definition) is 3. The van der Waals surface area contributed by atoms with Crippen LogP contribution in [0.4, 0.5) is 0 Å². The highest BCUT2D eigenvalue weighted by atomic mass is 16.1. The van der Waals surface area contributed by atoms with Crippen molar-refractivity contribution in [3.63, 3.8) is 0 Å². The minimum atomic E-state index is -0.215. The minimum absolute atomic E-state index is 0.167. The number of rotatable bonds is 3. The van der Waals surface area contributed by atoms with Crippen molar-refractivity contribution in [1.29, 1.82) is 0 Å². The summed E-state index contributed by atoms with van der Waals surface area (Å²) >= 11 is 0. The number of carbonyl (C=O) groups is 3. The lowest BCUT2D eigenvalue weighted by molar-refractivity contribution is -0.116. The van der Waals surface area contributed by atoms with Crippen LogP contribution in [0, 0.1) is 0 Å². The molecule has 0 rings (SSSR count). The lowest BCUT2D eigenvalue weighted by atomic mass is 10.5. The summed E-state index contributed by atoms with van der Waals surface area (Å²) in [5, 5.41) is 2.42. The van der Waals surface area contributed by atoms with Crippen LogP contribution in [0.25, 0.3) is 0 Å². The predicted octanol–water partition coefficient (Wildman–Crippen LogP) is 2.18. The van der Waals surface area contributed by atoms with E-state index in [1.165, 1.54) is 40.0 Å². The van der Waals surface area contributed by atoms with Gasteiger partial charge in [0.1, 0.15) is 11.6 Å². The molecule has 0 aromatic carbocycles. The van der Waals surface area contributed by atoms with Crippen molar-refractivity contribution in [3.05, 3.63) is 37.6 Å². The fourth-order valence-electron chi connectivity index (χ4n) is 0.257. The molecule has 0 aliphatic carbocycles. The first kappa shape index (κ1) is 20.4. The zero-order valence-corrected chi connectivity index (χ0v) is 10.9. The Labute approximate surface area is 103 Å². The third-order valence-corrected chi connectivity index (χ3v) is 0.643. The van der Waals surface area contributed by atoms with Gasteiger partial charge < -0.3 is 14.9 Å². The molecule has 0 aliphatic heterocycles. The lowest BCUT2D eigenvalue weighted by Gasteiger charge is -1.87. The van der Waals surface area contributed by atoms with Crippen LogP contribution in [-0.4, -0.2) is 17.5 Å². The van der Waals surface area contributed by atoms with Gasteiger partial charge in [0.15, 0.2) is 0 Å². The molecule has 96 valence electrons. The quantitative estimate of drug-likeness (QED) is 0.606. The van der Waals surface area contributed by atoms with Crippen LogP contribution >= 0.6 is 0 Å².